The molecule has 0 radical (unpaired) electrons. The first-order valence-corrected chi connectivity index (χ1v) is 10.9. The molecule has 2 fully saturated rings. The van der Waals surface area contributed by atoms with Crippen LogP contribution in [0.4, 0.5) is 10.1 Å². The first kappa shape index (κ1) is 23.2. The van der Waals surface area contributed by atoms with Crippen molar-refractivity contribution in [1.82, 2.24) is 10.0 Å². The summed E-state index contributed by atoms with van der Waals surface area (Å²) in [5.41, 5.74) is -0.813. The fraction of sp³-hybridized carbons (Fsp3) is 0.333. The van der Waals surface area contributed by atoms with Gasteiger partial charge in [-0.3, -0.25) is 29.3 Å². The lowest BCUT2D eigenvalue weighted by Crippen LogP contribution is -2.52. The van der Waals surface area contributed by atoms with Crippen molar-refractivity contribution in [2.75, 3.05) is 6.54 Å². The molecule has 2 aromatic rings. The van der Waals surface area contributed by atoms with Crippen molar-refractivity contribution in [3.05, 3.63) is 75.6 Å². The number of amides is 3. The van der Waals surface area contributed by atoms with Crippen LogP contribution in [0.1, 0.15) is 46.9 Å². The summed E-state index contributed by atoms with van der Waals surface area (Å²) in [6.07, 6.45) is 1.71. The molecule has 0 bridgehead atoms. The number of ketones is 1. The average molecular weight is 467 g/mol. The van der Waals surface area contributed by atoms with Crippen LogP contribution >= 0.6 is 0 Å². The Hall–Kier alpha value is -3.95. The van der Waals surface area contributed by atoms with Gasteiger partial charge in [-0.15, -0.1) is 0 Å². The van der Waals surface area contributed by atoms with E-state index in [1.165, 1.54) is 30.3 Å². The van der Waals surface area contributed by atoms with E-state index in [2.05, 4.69) is 0 Å². The van der Waals surface area contributed by atoms with Crippen molar-refractivity contribution >= 4 is 29.2 Å². The van der Waals surface area contributed by atoms with Gasteiger partial charge in [-0.1, -0.05) is 19.1 Å². The molecule has 4 rings (SSSR count). The van der Waals surface area contributed by atoms with Gasteiger partial charge in [0.1, 0.15) is 17.9 Å². The maximum atomic E-state index is 13.5. The molecule has 3 atom stereocenters. The zero-order valence-electron chi connectivity index (χ0n) is 18.3. The Labute approximate surface area is 194 Å². The van der Waals surface area contributed by atoms with Crippen molar-refractivity contribution in [3.8, 4) is 0 Å². The van der Waals surface area contributed by atoms with E-state index in [9.17, 15) is 33.7 Å². The Morgan fingerprint density at radius 3 is 2.38 bits per heavy atom. The van der Waals surface area contributed by atoms with E-state index in [0.717, 1.165) is 24.6 Å². The molecule has 9 nitrogen and oxygen atoms in total. The normalized spacial score (nSPS) is 21.8. The van der Waals surface area contributed by atoms with E-state index in [1.54, 1.807) is 0 Å². The number of para-hydroxylation sites is 1. The molecule has 0 N–H and O–H groups in total. The number of hydrogen-bond donors (Lipinski definition) is 0. The number of hydrazine groups is 1. The summed E-state index contributed by atoms with van der Waals surface area (Å²) >= 11 is 0. The number of carbonyl (C=O) groups is 4. The molecule has 2 aliphatic rings. The van der Waals surface area contributed by atoms with Crippen LogP contribution in [0.15, 0.2) is 48.5 Å². The van der Waals surface area contributed by atoms with E-state index < -0.39 is 58.3 Å². The Bertz CT molecular complexity index is 1180. The molecule has 1 heterocycles. The van der Waals surface area contributed by atoms with Gasteiger partial charge in [0, 0.05) is 11.6 Å². The van der Waals surface area contributed by atoms with Crippen LogP contribution < -0.4 is 0 Å². The highest BCUT2D eigenvalue weighted by molar-refractivity contribution is 6.10. The molecule has 0 unspecified atom stereocenters. The largest absolute Gasteiger partial charge is 0.292 e. The topological polar surface area (TPSA) is 118 Å². The average Bonchev–Trinajstić information content (AvgIpc) is 3.06. The van der Waals surface area contributed by atoms with E-state index in [4.69, 9.17) is 0 Å². The molecule has 0 aromatic heterocycles. The number of carbonyl (C=O) groups excluding carboxylic acids is 4. The standard InChI is InChI=1S/C24H22FN3O6/c1-14-6-11-17-19(12-14)24(32)27(23(17)31)26(13-21(29)15-7-9-16(25)10-8-15)22(30)18-4-2-3-5-20(18)28(33)34/h2-5,7-10,14,17,19H,6,11-13H2,1H3/t14-,17-,19-/m1/s1. The van der Waals surface area contributed by atoms with E-state index in [0.29, 0.717) is 22.9 Å². The quantitative estimate of drug-likeness (QED) is 0.278. The van der Waals surface area contributed by atoms with Crippen LogP contribution in [0, 0.1) is 33.7 Å². The molecule has 1 aliphatic carbocycles. The fourth-order valence-corrected chi connectivity index (χ4v) is 4.66. The molecule has 1 aliphatic heterocycles. The minimum absolute atomic E-state index is 0.0619. The molecule has 34 heavy (non-hydrogen) atoms. The molecule has 1 saturated carbocycles. The molecule has 176 valence electrons. The highest BCUT2D eigenvalue weighted by Crippen LogP contribution is 2.41. The predicted octanol–water partition coefficient (Wildman–Crippen LogP) is 3.40. The first-order valence-electron chi connectivity index (χ1n) is 10.9. The number of Topliss-reactive ketones (excluding diaryl/α,β-unsaturated/α-hetero) is 1. The number of rotatable bonds is 6. The number of hydrogen-bond acceptors (Lipinski definition) is 6. The molecule has 0 spiro atoms. The highest BCUT2D eigenvalue weighted by atomic mass is 19.1. The van der Waals surface area contributed by atoms with Crippen LogP contribution in [0.25, 0.3) is 0 Å². The number of nitro groups is 1. The number of benzene rings is 2. The third-order valence-corrected chi connectivity index (χ3v) is 6.43. The number of halogens is 1. The summed E-state index contributed by atoms with van der Waals surface area (Å²) in [7, 11) is 0. The fourth-order valence-electron chi connectivity index (χ4n) is 4.66. The molecular formula is C24H22FN3O6. The summed E-state index contributed by atoms with van der Waals surface area (Å²) < 4.78 is 13.3. The van der Waals surface area contributed by atoms with Gasteiger partial charge in [0.25, 0.3) is 23.4 Å². The van der Waals surface area contributed by atoms with Crippen LogP contribution in [0.5, 0.6) is 0 Å². The van der Waals surface area contributed by atoms with Crippen LogP contribution in [0.2, 0.25) is 0 Å². The van der Waals surface area contributed by atoms with Crippen LogP contribution in [-0.4, -0.2) is 45.0 Å². The Balaban J connectivity index is 1.74. The predicted molar refractivity (Wildman–Crippen MR) is 117 cm³/mol. The van der Waals surface area contributed by atoms with Gasteiger partial charge in [-0.05, 0) is 55.5 Å². The van der Waals surface area contributed by atoms with Crippen molar-refractivity contribution in [1.29, 1.82) is 0 Å². The highest BCUT2D eigenvalue weighted by Gasteiger charge is 2.53. The Kier molecular flexibility index (Phi) is 6.23. The Morgan fingerprint density at radius 2 is 1.71 bits per heavy atom. The van der Waals surface area contributed by atoms with Gasteiger partial charge < -0.3 is 0 Å². The second-order valence-corrected chi connectivity index (χ2v) is 8.69. The number of fused-ring (bicyclic) bond motifs is 1. The molecule has 1 saturated heterocycles. The lowest BCUT2D eigenvalue weighted by molar-refractivity contribution is -0.385. The van der Waals surface area contributed by atoms with Crippen molar-refractivity contribution in [3.63, 3.8) is 0 Å². The maximum Gasteiger partial charge on any atom is 0.282 e. The second-order valence-electron chi connectivity index (χ2n) is 8.69. The summed E-state index contributed by atoms with van der Waals surface area (Å²) in [4.78, 5) is 63.7. The zero-order chi connectivity index (χ0) is 24.6. The van der Waals surface area contributed by atoms with Crippen molar-refractivity contribution in [2.24, 2.45) is 17.8 Å². The monoisotopic (exact) mass is 467 g/mol. The summed E-state index contributed by atoms with van der Waals surface area (Å²) in [5, 5.41) is 12.9. The van der Waals surface area contributed by atoms with Gasteiger partial charge in [-0.2, -0.15) is 5.01 Å². The smallest absolute Gasteiger partial charge is 0.282 e. The minimum atomic E-state index is -1.02. The first-order chi connectivity index (χ1) is 16.2. The minimum Gasteiger partial charge on any atom is -0.292 e. The number of imide groups is 1. The number of nitro benzene ring substituents is 1. The summed E-state index contributed by atoms with van der Waals surface area (Å²) in [6, 6.07) is 9.71. The lowest BCUT2D eigenvalue weighted by Gasteiger charge is -2.30. The maximum absolute atomic E-state index is 13.5. The second kappa shape index (κ2) is 9.12. The summed E-state index contributed by atoms with van der Waals surface area (Å²) in [6.45, 7) is 1.26. The van der Waals surface area contributed by atoms with Crippen LogP contribution in [-0.2, 0) is 9.59 Å². The molecule has 10 heteroatoms. The molecular weight excluding hydrogens is 445 g/mol. The molecule has 2 aromatic carbocycles. The van der Waals surface area contributed by atoms with E-state index in [1.807, 2.05) is 6.92 Å². The van der Waals surface area contributed by atoms with Gasteiger partial charge in [-0.25, -0.2) is 9.40 Å². The van der Waals surface area contributed by atoms with E-state index in [-0.39, 0.29) is 17.0 Å². The van der Waals surface area contributed by atoms with Gasteiger partial charge in [0.2, 0.25) is 0 Å². The van der Waals surface area contributed by atoms with Gasteiger partial charge in [0.05, 0.1) is 16.8 Å². The lowest BCUT2D eigenvalue weighted by atomic mass is 9.76. The zero-order valence-corrected chi connectivity index (χ0v) is 18.3. The third-order valence-electron chi connectivity index (χ3n) is 6.43. The van der Waals surface area contributed by atoms with Crippen LogP contribution in [0.3, 0.4) is 0 Å². The third kappa shape index (κ3) is 4.18. The Morgan fingerprint density at radius 1 is 1.06 bits per heavy atom. The SMILES string of the molecule is C[C@@H]1CC[C@H]2C(=O)N(N(CC(=O)c3ccc(F)cc3)C(=O)c3ccccc3[N+](=O)[O-])C(=O)[C@@H]2C1. The van der Waals surface area contributed by atoms with Gasteiger partial charge >= 0.3 is 0 Å². The number of nitrogens with zero attached hydrogens (tertiary/aromatic N) is 3. The van der Waals surface area contributed by atoms with Gasteiger partial charge in [0.15, 0.2) is 5.78 Å². The van der Waals surface area contributed by atoms with Crippen molar-refractivity contribution < 1.29 is 28.5 Å². The molecule has 3 amide bonds. The van der Waals surface area contributed by atoms with Crippen molar-refractivity contribution in [2.45, 2.75) is 26.2 Å². The summed E-state index contributed by atoms with van der Waals surface area (Å²) in [5.74, 6) is -4.43. The van der Waals surface area contributed by atoms with E-state index >= 15 is 0 Å².